The molecule has 0 aliphatic carbocycles. The maximum absolute atomic E-state index is 12.2. The van der Waals surface area contributed by atoms with Crippen LogP contribution in [0.1, 0.15) is 39.6 Å². The van der Waals surface area contributed by atoms with Gasteiger partial charge in [-0.3, -0.25) is 4.79 Å². The highest BCUT2D eigenvalue weighted by atomic mass is 35.5. The molecule has 0 saturated carbocycles. The van der Waals surface area contributed by atoms with Gasteiger partial charge in [0.25, 0.3) is 5.91 Å². The molecule has 0 radical (unpaired) electrons. The van der Waals surface area contributed by atoms with E-state index in [-0.39, 0.29) is 5.91 Å². The maximum Gasteiger partial charge on any atom is 0.343 e. The van der Waals surface area contributed by atoms with Crippen molar-refractivity contribution in [1.82, 2.24) is 5.43 Å². The Morgan fingerprint density at radius 2 is 1.68 bits per heavy atom. The molecule has 0 aromatic heterocycles. The number of carbonyl (C=O) groups is 2. The van der Waals surface area contributed by atoms with E-state index in [2.05, 4.69) is 10.5 Å². The summed E-state index contributed by atoms with van der Waals surface area (Å²) in [4.78, 5) is 24.4. The monoisotopic (exact) mass is 436 g/mol. The van der Waals surface area contributed by atoms with Crippen LogP contribution < -0.4 is 14.9 Å². The Morgan fingerprint density at radius 1 is 0.968 bits per heavy atom. The minimum Gasteiger partial charge on any atom is -0.494 e. The summed E-state index contributed by atoms with van der Waals surface area (Å²) < 4.78 is 10.9. The van der Waals surface area contributed by atoms with Crippen LogP contribution >= 0.6 is 11.6 Å². The third-order valence-corrected chi connectivity index (χ3v) is 4.37. The smallest absolute Gasteiger partial charge is 0.343 e. The molecule has 0 bridgehead atoms. The number of nitrogens with zero attached hydrogens (tertiary/aromatic N) is 1. The molecular formula is C24H21ClN2O4. The first-order valence-corrected chi connectivity index (χ1v) is 10.1. The second-order valence-electron chi connectivity index (χ2n) is 6.54. The molecule has 3 aromatic rings. The number of hydrazone groups is 1. The second-order valence-corrected chi connectivity index (χ2v) is 6.98. The Kier molecular flexibility index (Phi) is 7.79. The van der Waals surface area contributed by atoms with Crippen LogP contribution in [0.2, 0.25) is 5.02 Å². The standard InChI is InChI=1S/C24H21ClN2O4/c1-2-14-30-21-12-8-18(9-13-21)23(28)27-26-16-17-4-3-5-22(15-17)31-24(29)19-6-10-20(25)11-7-19/h3-13,15-16H,2,14H2,1H3,(H,27,28)/b26-16-. The Morgan fingerprint density at radius 3 is 2.39 bits per heavy atom. The van der Waals surface area contributed by atoms with Crippen molar-refractivity contribution in [3.63, 3.8) is 0 Å². The van der Waals surface area contributed by atoms with E-state index in [0.717, 1.165) is 6.42 Å². The highest BCUT2D eigenvalue weighted by molar-refractivity contribution is 6.30. The van der Waals surface area contributed by atoms with Crippen LogP contribution in [-0.2, 0) is 0 Å². The average Bonchev–Trinajstić information content (AvgIpc) is 2.78. The number of carbonyl (C=O) groups excluding carboxylic acids is 2. The van der Waals surface area contributed by atoms with E-state index in [4.69, 9.17) is 21.1 Å². The first-order valence-electron chi connectivity index (χ1n) is 9.69. The minimum absolute atomic E-state index is 0.344. The van der Waals surface area contributed by atoms with Gasteiger partial charge in [0.05, 0.1) is 18.4 Å². The van der Waals surface area contributed by atoms with Crippen molar-refractivity contribution in [3.8, 4) is 11.5 Å². The zero-order valence-corrected chi connectivity index (χ0v) is 17.6. The Hall–Kier alpha value is -3.64. The molecule has 0 fully saturated rings. The molecule has 0 unspecified atom stereocenters. The molecule has 0 aliphatic heterocycles. The topological polar surface area (TPSA) is 77.0 Å². The molecule has 0 heterocycles. The lowest BCUT2D eigenvalue weighted by Crippen LogP contribution is -2.17. The lowest BCUT2D eigenvalue weighted by molar-refractivity contribution is 0.0734. The zero-order valence-electron chi connectivity index (χ0n) is 16.9. The number of nitrogens with one attached hydrogen (secondary N) is 1. The molecule has 0 atom stereocenters. The molecule has 7 heteroatoms. The van der Waals surface area contributed by atoms with E-state index in [1.807, 2.05) is 6.92 Å². The van der Waals surface area contributed by atoms with Crippen LogP contribution in [-0.4, -0.2) is 24.7 Å². The third kappa shape index (κ3) is 6.69. The molecule has 31 heavy (non-hydrogen) atoms. The van der Waals surface area contributed by atoms with Crippen LogP contribution in [0.5, 0.6) is 11.5 Å². The van der Waals surface area contributed by atoms with E-state index in [0.29, 0.717) is 39.8 Å². The minimum atomic E-state index is -0.495. The highest BCUT2D eigenvalue weighted by Gasteiger charge is 2.09. The first kappa shape index (κ1) is 22.1. The highest BCUT2D eigenvalue weighted by Crippen LogP contribution is 2.16. The largest absolute Gasteiger partial charge is 0.494 e. The molecule has 1 amide bonds. The van der Waals surface area contributed by atoms with Crippen molar-refractivity contribution in [2.75, 3.05) is 6.61 Å². The summed E-state index contributed by atoms with van der Waals surface area (Å²) in [6, 6.07) is 20.1. The lowest BCUT2D eigenvalue weighted by Gasteiger charge is -2.06. The lowest BCUT2D eigenvalue weighted by atomic mass is 10.2. The predicted molar refractivity (Wildman–Crippen MR) is 120 cm³/mol. The molecule has 1 N–H and O–H groups in total. The number of benzene rings is 3. The fourth-order valence-corrected chi connectivity index (χ4v) is 2.69. The quantitative estimate of drug-likeness (QED) is 0.230. The van der Waals surface area contributed by atoms with Gasteiger partial charge in [-0.15, -0.1) is 0 Å². The molecule has 158 valence electrons. The number of esters is 1. The molecule has 6 nitrogen and oxygen atoms in total. The molecule has 0 saturated heterocycles. The van der Waals surface area contributed by atoms with Gasteiger partial charge in [-0.25, -0.2) is 10.2 Å². The van der Waals surface area contributed by atoms with Gasteiger partial charge in [0.2, 0.25) is 0 Å². The van der Waals surface area contributed by atoms with Crippen molar-refractivity contribution in [3.05, 3.63) is 94.5 Å². The third-order valence-electron chi connectivity index (χ3n) is 4.12. The van der Waals surface area contributed by atoms with Gasteiger partial charge in [0.1, 0.15) is 11.5 Å². The van der Waals surface area contributed by atoms with Crippen molar-refractivity contribution in [1.29, 1.82) is 0 Å². The van der Waals surface area contributed by atoms with E-state index in [1.54, 1.807) is 72.8 Å². The normalized spacial score (nSPS) is 10.6. The molecule has 0 spiro atoms. The first-order chi connectivity index (χ1) is 15.0. The van der Waals surface area contributed by atoms with Crippen molar-refractivity contribution in [2.24, 2.45) is 5.10 Å². The molecule has 3 aromatic carbocycles. The number of amides is 1. The number of rotatable bonds is 8. The van der Waals surface area contributed by atoms with Crippen LogP contribution in [0.15, 0.2) is 77.9 Å². The summed E-state index contributed by atoms with van der Waals surface area (Å²) in [5, 5.41) is 4.51. The second kappa shape index (κ2) is 10.9. The summed E-state index contributed by atoms with van der Waals surface area (Å²) in [7, 11) is 0. The summed E-state index contributed by atoms with van der Waals surface area (Å²) >= 11 is 5.83. The number of halogens is 1. The van der Waals surface area contributed by atoms with E-state index >= 15 is 0 Å². The number of ether oxygens (including phenoxy) is 2. The predicted octanol–water partition coefficient (Wildman–Crippen LogP) is 5.11. The van der Waals surface area contributed by atoms with Gasteiger partial charge in [0.15, 0.2) is 0 Å². The van der Waals surface area contributed by atoms with E-state index in [1.165, 1.54) is 6.21 Å². The average molecular weight is 437 g/mol. The van der Waals surface area contributed by atoms with Gasteiger partial charge in [0, 0.05) is 10.6 Å². The van der Waals surface area contributed by atoms with Crippen molar-refractivity contribution < 1.29 is 19.1 Å². The summed E-state index contributed by atoms with van der Waals surface area (Å²) in [5.41, 5.74) is 3.98. The summed E-state index contributed by atoms with van der Waals surface area (Å²) in [6.45, 7) is 2.66. The Labute approximate surface area is 185 Å². The Balaban J connectivity index is 1.56. The maximum atomic E-state index is 12.2. The van der Waals surface area contributed by atoms with Crippen LogP contribution in [0.4, 0.5) is 0 Å². The molecular weight excluding hydrogens is 416 g/mol. The summed E-state index contributed by atoms with van der Waals surface area (Å²) in [6.07, 6.45) is 2.38. The van der Waals surface area contributed by atoms with Crippen molar-refractivity contribution >= 4 is 29.7 Å². The Bertz CT molecular complexity index is 1060. The van der Waals surface area contributed by atoms with Gasteiger partial charge in [-0.05, 0) is 72.6 Å². The number of hydrogen-bond donors (Lipinski definition) is 1. The molecule has 0 aliphatic rings. The fraction of sp³-hybridized carbons (Fsp3) is 0.125. The van der Waals surface area contributed by atoms with E-state index in [9.17, 15) is 9.59 Å². The summed E-state index contributed by atoms with van der Waals surface area (Å²) in [5.74, 6) is 0.235. The fourth-order valence-electron chi connectivity index (χ4n) is 2.56. The van der Waals surface area contributed by atoms with Gasteiger partial charge < -0.3 is 9.47 Å². The SMILES string of the molecule is CCCOc1ccc(C(=O)N/N=C\c2cccc(OC(=O)c3ccc(Cl)cc3)c2)cc1. The molecule has 3 rings (SSSR count). The van der Waals surface area contributed by atoms with Crippen LogP contribution in [0, 0.1) is 0 Å². The van der Waals surface area contributed by atoms with E-state index < -0.39 is 5.97 Å². The van der Waals surface area contributed by atoms with Gasteiger partial charge in [-0.2, -0.15) is 5.10 Å². The van der Waals surface area contributed by atoms with Crippen LogP contribution in [0.25, 0.3) is 0 Å². The number of hydrogen-bond acceptors (Lipinski definition) is 5. The zero-order chi connectivity index (χ0) is 22.1. The van der Waals surface area contributed by atoms with Crippen LogP contribution in [0.3, 0.4) is 0 Å². The van der Waals surface area contributed by atoms with Gasteiger partial charge in [-0.1, -0.05) is 30.7 Å². The van der Waals surface area contributed by atoms with Crippen molar-refractivity contribution in [2.45, 2.75) is 13.3 Å². The van der Waals surface area contributed by atoms with Gasteiger partial charge >= 0.3 is 5.97 Å².